The molecule has 0 bridgehead atoms. The van der Waals surface area contributed by atoms with Crippen molar-refractivity contribution in [1.82, 2.24) is 5.32 Å². The molecule has 3 N–H and O–H groups in total. The fraction of sp³-hybridized carbons (Fsp3) is 0.429. The van der Waals surface area contributed by atoms with Crippen LogP contribution < -0.4 is 15.4 Å². The molecule has 0 aromatic heterocycles. The molecule has 0 aliphatic carbocycles. The van der Waals surface area contributed by atoms with Gasteiger partial charge in [0, 0.05) is 6.04 Å². The van der Waals surface area contributed by atoms with Gasteiger partial charge in [0.25, 0.3) is 5.91 Å². The number of amides is 1. The van der Waals surface area contributed by atoms with E-state index in [4.69, 9.17) is 9.84 Å². The van der Waals surface area contributed by atoms with Gasteiger partial charge in [-0.05, 0) is 38.1 Å². The Labute approximate surface area is 117 Å². The zero-order chi connectivity index (χ0) is 14.7. The van der Waals surface area contributed by atoms with E-state index in [2.05, 4.69) is 10.6 Å². The van der Waals surface area contributed by atoms with Gasteiger partial charge in [-0.1, -0.05) is 6.07 Å². The zero-order valence-electron chi connectivity index (χ0n) is 11.5. The molecule has 0 spiro atoms. The summed E-state index contributed by atoms with van der Waals surface area (Å²) in [6, 6.07) is 5.36. The van der Waals surface area contributed by atoms with Crippen molar-refractivity contribution >= 4 is 17.6 Å². The first-order chi connectivity index (χ1) is 9.49. The second kappa shape index (κ2) is 5.92. The maximum absolute atomic E-state index is 11.6. The smallest absolute Gasteiger partial charge is 0.304 e. The number of carboxylic acid groups (broad SMARTS) is 1. The number of likely N-dealkylation sites (N-methyl/N-ethyl adjacent to an activating group) is 1. The maximum atomic E-state index is 11.6. The summed E-state index contributed by atoms with van der Waals surface area (Å²) in [7, 11) is 1.73. The van der Waals surface area contributed by atoms with E-state index in [1.165, 1.54) is 0 Å². The van der Waals surface area contributed by atoms with Gasteiger partial charge in [-0.2, -0.15) is 0 Å². The molecular weight excluding hydrogens is 260 g/mol. The minimum Gasteiger partial charge on any atom is -0.481 e. The Hall–Kier alpha value is -2.08. The molecule has 0 saturated carbocycles. The van der Waals surface area contributed by atoms with E-state index in [-0.39, 0.29) is 18.4 Å². The molecule has 1 aromatic carbocycles. The van der Waals surface area contributed by atoms with Gasteiger partial charge in [0.05, 0.1) is 12.1 Å². The Balaban J connectivity index is 2.13. The Morgan fingerprint density at radius 1 is 1.55 bits per heavy atom. The molecule has 20 heavy (non-hydrogen) atoms. The standard InChI is InChI=1S/C14H18N2O4/c1-8-14(19)16-11-6-9(3-4-12(11)20-8)5-10(15-2)7-13(17)18/h3-4,6,8,10,15H,5,7H2,1-2H3,(H,16,19)(H,17,18). The third-order valence-electron chi connectivity index (χ3n) is 3.29. The van der Waals surface area contributed by atoms with Gasteiger partial charge in [0.2, 0.25) is 0 Å². The van der Waals surface area contributed by atoms with E-state index in [1.54, 1.807) is 20.0 Å². The lowest BCUT2D eigenvalue weighted by Crippen LogP contribution is -2.34. The molecule has 2 unspecified atom stereocenters. The number of carbonyl (C=O) groups is 2. The average Bonchev–Trinajstić information content (AvgIpc) is 2.39. The first-order valence-corrected chi connectivity index (χ1v) is 6.49. The number of benzene rings is 1. The van der Waals surface area contributed by atoms with Crippen molar-refractivity contribution in [2.24, 2.45) is 0 Å². The van der Waals surface area contributed by atoms with Crippen LogP contribution in [0.25, 0.3) is 0 Å². The summed E-state index contributed by atoms with van der Waals surface area (Å²) in [6.07, 6.45) is 0.125. The van der Waals surface area contributed by atoms with Crippen molar-refractivity contribution in [3.63, 3.8) is 0 Å². The maximum Gasteiger partial charge on any atom is 0.304 e. The lowest BCUT2D eigenvalue weighted by atomic mass is 10.0. The quantitative estimate of drug-likeness (QED) is 0.748. The van der Waals surface area contributed by atoms with Crippen LogP contribution in [0.4, 0.5) is 5.69 Å². The predicted octanol–water partition coefficient (Wildman–Crippen LogP) is 1.01. The topological polar surface area (TPSA) is 87.7 Å². The molecule has 1 aliphatic heterocycles. The van der Waals surface area contributed by atoms with Gasteiger partial charge < -0.3 is 20.5 Å². The first-order valence-electron chi connectivity index (χ1n) is 6.49. The van der Waals surface area contributed by atoms with Crippen LogP contribution in [-0.4, -0.2) is 36.2 Å². The van der Waals surface area contributed by atoms with Crippen LogP contribution in [0.5, 0.6) is 5.75 Å². The number of anilines is 1. The van der Waals surface area contributed by atoms with Crippen molar-refractivity contribution in [3.8, 4) is 5.75 Å². The number of hydrogen-bond acceptors (Lipinski definition) is 4. The number of fused-ring (bicyclic) bond motifs is 1. The van der Waals surface area contributed by atoms with Gasteiger partial charge in [0.1, 0.15) is 5.75 Å². The number of rotatable bonds is 5. The van der Waals surface area contributed by atoms with Gasteiger partial charge >= 0.3 is 5.97 Å². The number of aliphatic carboxylic acids is 1. The van der Waals surface area contributed by atoms with E-state index < -0.39 is 12.1 Å². The van der Waals surface area contributed by atoms with Crippen molar-refractivity contribution < 1.29 is 19.4 Å². The molecule has 1 amide bonds. The van der Waals surface area contributed by atoms with Crippen molar-refractivity contribution in [1.29, 1.82) is 0 Å². The molecule has 6 nitrogen and oxygen atoms in total. The molecule has 108 valence electrons. The van der Waals surface area contributed by atoms with E-state index in [0.29, 0.717) is 17.9 Å². The van der Waals surface area contributed by atoms with Crippen LogP contribution >= 0.6 is 0 Å². The summed E-state index contributed by atoms with van der Waals surface area (Å²) in [5.74, 6) is -0.377. The molecule has 2 atom stereocenters. The predicted molar refractivity (Wildman–Crippen MR) is 74.0 cm³/mol. The van der Waals surface area contributed by atoms with Crippen LogP contribution in [0, 0.1) is 0 Å². The zero-order valence-corrected chi connectivity index (χ0v) is 11.5. The van der Waals surface area contributed by atoms with Gasteiger partial charge in [-0.15, -0.1) is 0 Å². The van der Waals surface area contributed by atoms with Crippen LogP contribution in [-0.2, 0) is 16.0 Å². The highest BCUT2D eigenvalue weighted by Crippen LogP contribution is 2.30. The fourth-order valence-electron chi connectivity index (χ4n) is 2.15. The Morgan fingerprint density at radius 2 is 2.30 bits per heavy atom. The Morgan fingerprint density at radius 3 is 2.95 bits per heavy atom. The number of hydrogen-bond donors (Lipinski definition) is 3. The Kier molecular flexibility index (Phi) is 4.24. The number of carbonyl (C=O) groups excluding carboxylic acids is 1. The van der Waals surface area contributed by atoms with E-state index >= 15 is 0 Å². The molecule has 0 radical (unpaired) electrons. The lowest BCUT2D eigenvalue weighted by Gasteiger charge is -2.24. The van der Waals surface area contributed by atoms with Crippen molar-refractivity contribution in [3.05, 3.63) is 23.8 Å². The second-order valence-corrected chi connectivity index (χ2v) is 4.87. The van der Waals surface area contributed by atoms with E-state index in [1.807, 2.05) is 12.1 Å². The molecule has 1 heterocycles. The summed E-state index contributed by atoms with van der Waals surface area (Å²) in [4.78, 5) is 22.3. The summed E-state index contributed by atoms with van der Waals surface area (Å²) in [5.41, 5.74) is 1.58. The average molecular weight is 278 g/mol. The molecule has 1 aliphatic rings. The highest BCUT2D eigenvalue weighted by Gasteiger charge is 2.23. The number of nitrogens with one attached hydrogen (secondary N) is 2. The van der Waals surface area contributed by atoms with Crippen molar-refractivity contribution in [2.75, 3.05) is 12.4 Å². The molecule has 0 fully saturated rings. The second-order valence-electron chi connectivity index (χ2n) is 4.87. The first kappa shape index (κ1) is 14.3. The minimum absolute atomic E-state index is 0.0491. The normalized spacial score (nSPS) is 18.7. The SMILES string of the molecule is CNC(CC(=O)O)Cc1ccc2c(c1)NC(=O)C(C)O2. The van der Waals surface area contributed by atoms with E-state index in [9.17, 15) is 9.59 Å². The minimum atomic E-state index is -0.840. The fourth-order valence-corrected chi connectivity index (χ4v) is 2.15. The van der Waals surface area contributed by atoms with Gasteiger partial charge in [0.15, 0.2) is 6.10 Å². The van der Waals surface area contributed by atoms with Gasteiger partial charge in [-0.3, -0.25) is 9.59 Å². The molecule has 6 heteroatoms. The third-order valence-corrected chi connectivity index (χ3v) is 3.29. The molecule has 2 rings (SSSR count). The van der Waals surface area contributed by atoms with Crippen LogP contribution in [0.2, 0.25) is 0 Å². The van der Waals surface area contributed by atoms with Gasteiger partial charge in [-0.25, -0.2) is 0 Å². The lowest BCUT2D eigenvalue weighted by molar-refractivity contribution is -0.137. The molecule has 0 saturated heterocycles. The van der Waals surface area contributed by atoms with Crippen molar-refractivity contribution in [2.45, 2.75) is 31.9 Å². The number of ether oxygens (including phenoxy) is 1. The van der Waals surface area contributed by atoms with Crippen LogP contribution in [0.3, 0.4) is 0 Å². The van der Waals surface area contributed by atoms with Crippen LogP contribution in [0.1, 0.15) is 18.9 Å². The highest BCUT2D eigenvalue weighted by molar-refractivity contribution is 5.97. The monoisotopic (exact) mass is 278 g/mol. The summed E-state index contributed by atoms with van der Waals surface area (Å²) in [6.45, 7) is 1.69. The number of carboxylic acids is 1. The largest absolute Gasteiger partial charge is 0.481 e. The van der Waals surface area contributed by atoms with E-state index in [0.717, 1.165) is 5.56 Å². The summed E-state index contributed by atoms with van der Waals surface area (Å²) >= 11 is 0. The Bertz CT molecular complexity index is 530. The highest BCUT2D eigenvalue weighted by atomic mass is 16.5. The van der Waals surface area contributed by atoms with Crippen LogP contribution in [0.15, 0.2) is 18.2 Å². The molecular formula is C14H18N2O4. The third kappa shape index (κ3) is 3.27. The summed E-state index contributed by atoms with van der Waals surface area (Å²) < 4.78 is 5.47. The molecule has 1 aromatic rings. The summed E-state index contributed by atoms with van der Waals surface area (Å²) in [5, 5.41) is 14.6.